The predicted molar refractivity (Wildman–Crippen MR) is 193 cm³/mol. The van der Waals surface area contributed by atoms with Crippen molar-refractivity contribution in [1.82, 2.24) is 0 Å². The van der Waals surface area contributed by atoms with Crippen LogP contribution < -0.4 is 0 Å². The highest BCUT2D eigenvalue weighted by Gasteiger charge is 2.42. The highest BCUT2D eigenvalue weighted by atomic mass is 19.1. The Kier molecular flexibility index (Phi) is 8.05. The van der Waals surface area contributed by atoms with Crippen molar-refractivity contribution in [3.8, 4) is 0 Å². The van der Waals surface area contributed by atoms with E-state index in [4.69, 9.17) is 6.58 Å². The molecule has 0 heterocycles. The first kappa shape index (κ1) is 31.3. The molecule has 6 rings (SSSR count). The van der Waals surface area contributed by atoms with Crippen LogP contribution in [-0.2, 0) is 10.8 Å². The van der Waals surface area contributed by atoms with E-state index in [-0.39, 0.29) is 16.7 Å². The first-order valence-corrected chi connectivity index (χ1v) is 16.9. The Bertz CT molecular complexity index is 1790. The Morgan fingerprint density at radius 3 is 2.18 bits per heavy atom. The largest absolute Gasteiger partial charge is 0.207 e. The molecule has 0 saturated heterocycles. The standard InChI is InChI=1S/C44H49F/c1-10-15-31-18-12-22-36-39(31)30(5)40-33(25-24-28(3)41(40)43(36,6)7)26-27(2)16-11-17-32-19-13-21-35-38(32)29(4)34-20-14-23-37(45)42(34)44(35,8)9/h10-13,15,17-19,21-24,27,33H,4-5,14,16,20,25-26H2,1-3,6-9H3/b15-10-,17-11-. The molecule has 0 amide bonds. The fourth-order valence-corrected chi connectivity index (χ4v) is 8.97. The van der Waals surface area contributed by atoms with Crippen molar-refractivity contribution in [3.05, 3.63) is 141 Å². The lowest BCUT2D eigenvalue weighted by atomic mass is 9.60. The van der Waals surface area contributed by atoms with Gasteiger partial charge in [-0.2, -0.15) is 0 Å². The summed E-state index contributed by atoms with van der Waals surface area (Å²) in [5.41, 5.74) is 15.6. The Morgan fingerprint density at radius 2 is 1.51 bits per heavy atom. The maximum atomic E-state index is 15.1. The van der Waals surface area contributed by atoms with Gasteiger partial charge in [-0.25, -0.2) is 4.39 Å². The normalized spacial score (nSPS) is 22.6. The molecule has 2 aromatic carbocycles. The minimum Gasteiger partial charge on any atom is -0.207 e. The predicted octanol–water partition coefficient (Wildman–Crippen LogP) is 12.7. The molecule has 0 spiro atoms. The third kappa shape index (κ3) is 5.04. The average molecular weight is 597 g/mol. The quantitative estimate of drug-likeness (QED) is 0.311. The van der Waals surface area contributed by atoms with E-state index in [0.717, 1.165) is 48.8 Å². The van der Waals surface area contributed by atoms with Crippen LogP contribution >= 0.6 is 0 Å². The average Bonchev–Trinajstić information content (AvgIpc) is 2.99. The van der Waals surface area contributed by atoms with Crippen molar-refractivity contribution in [2.24, 2.45) is 11.8 Å². The molecule has 2 unspecified atom stereocenters. The Balaban J connectivity index is 1.26. The zero-order valence-electron chi connectivity index (χ0n) is 28.4. The van der Waals surface area contributed by atoms with Crippen molar-refractivity contribution < 1.29 is 4.39 Å². The molecular weight excluding hydrogens is 547 g/mol. The SMILES string of the molecule is C=C1C2=C(C(F)=CCC2)C(C)(C)c2cccc(/C=C\CC(C)CC3CC=C(C)C4=C3C(=C)c3c(/C=C\C)cccc3C4(C)C)c21. The summed E-state index contributed by atoms with van der Waals surface area (Å²) in [4.78, 5) is 0. The van der Waals surface area contributed by atoms with Crippen LogP contribution in [0.2, 0.25) is 0 Å². The van der Waals surface area contributed by atoms with E-state index in [2.05, 4.69) is 122 Å². The van der Waals surface area contributed by atoms with E-state index >= 15 is 4.39 Å². The highest BCUT2D eigenvalue weighted by Crippen LogP contribution is 2.55. The number of benzene rings is 2. The van der Waals surface area contributed by atoms with Gasteiger partial charge in [0.05, 0.1) is 0 Å². The smallest absolute Gasteiger partial charge is 0.123 e. The molecule has 0 radical (unpaired) electrons. The van der Waals surface area contributed by atoms with Gasteiger partial charge in [-0.15, -0.1) is 0 Å². The van der Waals surface area contributed by atoms with Gasteiger partial charge in [-0.3, -0.25) is 0 Å². The summed E-state index contributed by atoms with van der Waals surface area (Å²) in [5.74, 6) is 0.899. The summed E-state index contributed by atoms with van der Waals surface area (Å²) < 4.78 is 15.1. The van der Waals surface area contributed by atoms with Crippen LogP contribution in [0, 0.1) is 11.8 Å². The number of hydrogen-bond donors (Lipinski definition) is 0. The van der Waals surface area contributed by atoms with E-state index in [9.17, 15) is 0 Å². The topological polar surface area (TPSA) is 0 Å². The Morgan fingerprint density at radius 1 is 0.889 bits per heavy atom. The molecule has 45 heavy (non-hydrogen) atoms. The minimum atomic E-state index is -0.385. The van der Waals surface area contributed by atoms with Crippen LogP contribution in [0.25, 0.3) is 23.3 Å². The molecule has 0 aromatic heterocycles. The Labute approximate surface area is 271 Å². The fourth-order valence-electron chi connectivity index (χ4n) is 8.97. The maximum Gasteiger partial charge on any atom is 0.123 e. The molecule has 0 nitrogen and oxygen atoms in total. The monoisotopic (exact) mass is 596 g/mol. The zero-order valence-corrected chi connectivity index (χ0v) is 28.4. The van der Waals surface area contributed by atoms with Crippen molar-refractivity contribution in [1.29, 1.82) is 0 Å². The number of hydrogen-bond acceptors (Lipinski definition) is 0. The van der Waals surface area contributed by atoms with Gasteiger partial charge in [0.25, 0.3) is 0 Å². The van der Waals surface area contributed by atoms with E-state index in [1.807, 2.05) is 0 Å². The van der Waals surface area contributed by atoms with Gasteiger partial charge in [0.15, 0.2) is 0 Å². The molecule has 232 valence electrons. The highest BCUT2D eigenvalue weighted by molar-refractivity contribution is 5.91. The van der Waals surface area contributed by atoms with Crippen LogP contribution in [0.4, 0.5) is 4.39 Å². The Hall–Kier alpha value is -3.71. The van der Waals surface area contributed by atoms with Gasteiger partial charge in [0.2, 0.25) is 0 Å². The summed E-state index contributed by atoms with van der Waals surface area (Å²) in [5, 5.41) is 0. The minimum absolute atomic E-state index is 0.0687. The first-order chi connectivity index (χ1) is 21.4. The van der Waals surface area contributed by atoms with E-state index in [1.165, 1.54) is 55.7 Å². The molecule has 4 aliphatic rings. The summed E-state index contributed by atoms with van der Waals surface area (Å²) in [6.45, 7) is 25.2. The molecule has 2 atom stereocenters. The van der Waals surface area contributed by atoms with Gasteiger partial charge in [-0.1, -0.05) is 120 Å². The first-order valence-electron chi connectivity index (χ1n) is 16.9. The number of fused-ring (bicyclic) bond motifs is 2. The number of rotatable bonds is 6. The van der Waals surface area contributed by atoms with Gasteiger partial charge < -0.3 is 0 Å². The molecule has 2 aromatic rings. The van der Waals surface area contributed by atoms with E-state index < -0.39 is 0 Å². The van der Waals surface area contributed by atoms with Gasteiger partial charge in [0, 0.05) is 16.4 Å². The summed E-state index contributed by atoms with van der Waals surface area (Å²) in [6.07, 6.45) is 18.0. The number of allylic oxidation sites excluding steroid dienone is 12. The third-order valence-corrected chi connectivity index (χ3v) is 11.0. The molecule has 0 bridgehead atoms. The van der Waals surface area contributed by atoms with Crippen molar-refractivity contribution >= 4 is 23.3 Å². The van der Waals surface area contributed by atoms with Crippen LogP contribution in [0.5, 0.6) is 0 Å². The second kappa shape index (κ2) is 11.6. The molecule has 0 fully saturated rings. The molecule has 0 saturated carbocycles. The lowest BCUT2D eigenvalue weighted by molar-refractivity contribution is 0.429. The van der Waals surface area contributed by atoms with Crippen molar-refractivity contribution in [2.45, 2.75) is 91.4 Å². The van der Waals surface area contributed by atoms with Gasteiger partial charge >= 0.3 is 0 Å². The van der Waals surface area contributed by atoms with Crippen molar-refractivity contribution in [2.75, 3.05) is 0 Å². The molecular formula is C44H49F. The zero-order chi connectivity index (χ0) is 32.3. The third-order valence-electron chi connectivity index (χ3n) is 11.0. The molecule has 1 heteroatoms. The van der Waals surface area contributed by atoms with Crippen LogP contribution in [-0.4, -0.2) is 0 Å². The summed E-state index contributed by atoms with van der Waals surface area (Å²) in [6, 6.07) is 13.2. The lowest BCUT2D eigenvalue weighted by Crippen LogP contribution is -2.32. The maximum absolute atomic E-state index is 15.1. The van der Waals surface area contributed by atoms with Crippen LogP contribution in [0.3, 0.4) is 0 Å². The van der Waals surface area contributed by atoms with E-state index in [1.54, 1.807) is 6.08 Å². The molecule has 4 aliphatic carbocycles. The van der Waals surface area contributed by atoms with Gasteiger partial charge in [-0.05, 0) is 125 Å². The van der Waals surface area contributed by atoms with E-state index in [0.29, 0.717) is 11.8 Å². The second-order valence-electron chi connectivity index (χ2n) is 14.8. The summed E-state index contributed by atoms with van der Waals surface area (Å²) >= 11 is 0. The molecule has 0 N–H and O–H groups in total. The lowest BCUT2D eigenvalue weighted by Gasteiger charge is -2.44. The number of halogens is 1. The summed E-state index contributed by atoms with van der Waals surface area (Å²) in [7, 11) is 0. The van der Waals surface area contributed by atoms with Crippen LogP contribution in [0.15, 0.2) is 108 Å². The second-order valence-corrected chi connectivity index (χ2v) is 14.8. The van der Waals surface area contributed by atoms with Gasteiger partial charge in [0.1, 0.15) is 5.83 Å². The fraction of sp³-hybridized carbons (Fsp3) is 0.364. The van der Waals surface area contributed by atoms with Crippen molar-refractivity contribution in [3.63, 3.8) is 0 Å². The van der Waals surface area contributed by atoms with Crippen LogP contribution in [0.1, 0.15) is 114 Å². The molecule has 0 aliphatic heterocycles.